The van der Waals surface area contributed by atoms with Gasteiger partial charge < -0.3 is 5.32 Å². The zero-order valence-corrected chi connectivity index (χ0v) is 15.5. The second kappa shape index (κ2) is 6.72. The van der Waals surface area contributed by atoms with Crippen LogP contribution in [0.1, 0.15) is 28.2 Å². The van der Waals surface area contributed by atoms with Crippen molar-refractivity contribution in [2.45, 2.75) is 25.8 Å². The smallest absolute Gasteiger partial charge is 0.261 e. The van der Waals surface area contributed by atoms with E-state index in [4.69, 9.17) is 0 Å². The van der Waals surface area contributed by atoms with Crippen LogP contribution in [-0.4, -0.2) is 37.4 Å². The number of benzene rings is 1. The van der Waals surface area contributed by atoms with Crippen LogP contribution in [0.4, 0.5) is 0 Å². The summed E-state index contributed by atoms with van der Waals surface area (Å²) in [7, 11) is -0.714. The van der Waals surface area contributed by atoms with E-state index in [1.54, 1.807) is 0 Å². The number of para-hydroxylation sites is 1. The summed E-state index contributed by atoms with van der Waals surface area (Å²) in [5.74, 6) is 1.32. The Bertz CT molecular complexity index is 936. The molecule has 1 saturated heterocycles. The number of hydrogen-bond acceptors (Lipinski definition) is 4. The molecular formula is C18H19N3O2S2. The maximum Gasteiger partial charge on any atom is 0.261 e. The van der Waals surface area contributed by atoms with Crippen molar-refractivity contribution in [2.75, 3.05) is 11.5 Å². The number of rotatable bonds is 3. The largest absolute Gasteiger partial charge is 0.349 e. The summed E-state index contributed by atoms with van der Waals surface area (Å²) in [6.45, 7) is 1.96. The van der Waals surface area contributed by atoms with Gasteiger partial charge in [-0.05, 0) is 38.0 Å². The minimum Gasteiger partial charge on any atom is -0.349 e. The fourth-order valence-corrected chi connectivity index (χ4v) is 5.48. The zero-order valence-electron chi connectivity index (χ0n) is 13.9. The molecule has 1 aliphatic rings. The first-order chi connectivity index (χ1) is 12.1. The van der Waals surface area contributed by atoms with Crippen molar-refractivity contribution in [2.24, 2.45) is 0 Å². The Morgan fingerprint density at radius 2 is 2.00 bits per heavy atom. The molecule has 0 saturated carbocycles. The Morgan fingerprint density at radius 3 is 2.72 bits per heavy atom. The standard InChI is InChI=1S/C18H19N3O2S2/c1-12-15-11-16(17(22)19-13-7-9-25(23)10-8-13)24-18(15)21(20-12)14-5-3-2-4-6-14/h2-6,11,13H,7-10H2,1H3,(H,19,22). The van der Waals surface area contributed by atoms with Gasteiger partial charge in [0.25, 0.3) is 5.91 Å². The lowest BCUT2D eigenvalue weighted by Gasteiger charge is -2.22. The third kappa shape index (κ3) is 3.26. The molecule has 0 atom stereocenters. The quantitative estimate of drug-likeness (QED) is 0.767. The minimum absolute atomic E-state index is 0.0436. The Labute approximate surface area is 152 Å². The Balaban J connectivity index is 1.61. The molecule has 4 rings (SSSR count). The fraction of sp³-hybridized carbons (Fsp3) is 0.333. The molecule has 25 heavy (non-hydrogen) atoms. The number of fused-ring (bicyclic) bond motifs is 1. The highest BCUT2D eigenvalue weighted by molar-refractivity contribution is 7.85. The van der Waals surface area contributed by atoms with Gasteiger partial charge in [0.1, 0.15) is 4.83 Å². The van der Waals surface area contributed by atoms with Crippen LogP contribution in [0.3, 0.4) is 0 Å². The van der Waals surface area contributed by atoms with Crippen LogP contribution in [0.2, 0.25) is 0 Å². The van der Waals surface area contributed by atoms with Crippen LogP contribution in [0, 0.1) is 6.92 Å². The van der Waals surface area contributed by atoms with E-state index in [2.05, 4.69) is 10.4 Å². The number of aryl methyl sites for hydroxylation is 1. The number of carbonyl (C=O) groups excluding carboxylic acids is 1. The predicted octanol–water partition coefficient (Wildman–Crippen LogP) is 3.04. The third-order valence-corrected chi connectivity index (χ3v) is 6.98. The highest BCUT2D eigenvalue weighted by Gasteiger charge is 2.22. The Morgan fingerprint density at radius 1 is 1.28 bits per heavy atom. The highest BCUT2D eigenvalue weighted by Crippen LogP contribution is 2.30. The van der Waals surface area contributed by atoms with E-state index in [0.717, 1.165) is 34.4 Å². The van der Waals surface area contributed by atoms with Crippen LogP contribution in [0.25, 0.3) is 15.9 Å². The molecule has 1 aromatic carbocycles. The van der Waals surface area contributed by atoms with E-state index in [9.17, 15) is 9.00 Å². The first-order valence-corrected chi connectivity index (χ1v) is 10.6. The third-order valence-electron chi connectivity index (χ3n) is 4.49. The first-order valence-electron chi connectivity index (χ1n) is 8.32. The van der Waals surface area contributed by atoms with E-state index in [1.807, 2.05) is 48.0 Å². The van der Waals surface area contributed by atoms with E-state index in [1.165, 1.54) is 11.3 Å². The number of amides is 1. The van der Waals surface area contributed by atoms with Crippen molar-refractivity contribution < 1.29 is 9.00 Å². The molecule has 0 bridgehead atoms. The number of hydrogen-bond donors (Lipinski definition) is 1. The molecule has 0 aliphatic carbocycles. The Kier molecular flexibility index (Phi) is 4.43. The van der Waals surface area contributed by atoms with Crippen molar-refractivity contribution in [3.63, 3.8) is 0 Å². The summed E-state index contributed by atoms with van der Waals surface area (Å²) in [6, 6.07) is 12.0. The summed E-state index contributed by atoms with van der Waals surface area (Å²) in [4.78, 5) is 14.3. The van der Waals surface area contributed by atoms with Crippen LogP contribution in [0.5, 0.6) is 0 Å². The molecule has 0 radical (unpaired) electrons. The lowest BCUT2D eigenvalue weighted by Crippen LogP contribution is -2.39. The molecule has 1 fully saturated rings. The predicted molar refractivity (Wildman–Crippen MR) is 102 cm³/mol. The molecule has 5 nitrogen and oxygen atoms in total. The van der Waals surface area contributed by atoms with E-state index in [0.29, 0.717) is 16.4 Å². The second-order valence-corrected chi connectivity index (χ2v) is 8.98. The summed E-state index contributed by atoms with van der Waals surface area (Å²) >= 11 is 1.47. The molecule has 7 heteroatoms. The topological polar surface area (TPSA) is 64.0 Å². The number of aromatic nitrogens is 2. The van der Waals surface area contributed by atoms with Crippen LogP contribution in [-0.2, 0) is 10.8 Å². The SMILES string of the molecule is Cc1nn(-c2ccccc2)c2sc(C(=O)NC3CCS(=O)CC3)cc12. The molecule has 3 aromatic rings. The molecule has 0 unspecified atom stereocenters. The van der Waals surface area contributed by atoms with Gasteiger partial charge in [-0.1, -0.05) is 18.2 Å². The van der Waals surface area contributed by atoms with Gasteiger partial charge in [-0.3, -0.25) is 9.00 Å². The number of carbonyl (C=O) groups is 1. The van der Waals surface area contributed by atoms with Crippen molar-refractivity contribution >= 4 is 38.3 Å². The lowest BCUT2D eigenvalue weighted by molar-refractivity contribution is 0.0939. The van der Waals surface area contributed by atoms with Crippen LogP contribution in [0.15, 0.2) is 36.4 Å². The molecule has 3 heterocycles. The summed E-state index contributed by atoms with van der Waals surface area (Å²) in [5.41, 5.74) is 1.91. The van der Waals surface area contributed by atoms with Crippen LogP contribution < -0.4 is 5.32 Å². The van der Waals surface area contributed by atoms with E-state index in [-0.39, 0.29) is 11.9 Å². The van der Waals surface area contributed by atoms with Gasteiger partial charge in [-0.2, -0.15) is 5.10 Å². The van der Waals surface area contributed by atoms with Gasteiger partial charge in [0.05, 0.1) is 16.3 Å². The normalized spacial score (nSPS) is 20.7. The molecule has 130 valence electrons. The minimum atomic E-state index is -0.714. The summed E-state index contributed by atoms with van der Waals surface area (Å²) in [5, 5.41) is 8.72. The molecule has 1 N–H and O–H groups in total. The van der Waals surface area contributed by atoms with Crippen molar-refractivity contribution in [1.29, 1.82) is 0 Å². The summed E-state index contributed by atoms with van der Waals surface area (Å²) in [6.07, 6.45) is 1.58. The summed E-state index contributed by atoms with van der Waals surface area (Å²) < 4.78 is 13.3. The molecule has 0 spiro atoms. The van der Waals surface area contributed by atoms with Crippen molar-refractivity contribution in [3.8, 4) is 5.69 Å². The number of nitrogens with one attached hydrogen (secondary N) is 1. The van der Waals surface area contributed by atoms with Gasteiger partial charge in [0, 0.05) is 33.7 Å². The first kappa shape index (κ1) is 16.5. The molecular weight excluding hydrogens is 354 g/mol. The van der Waals surface area contributed by atoms with E-state index < -0.39 is 10.8 Å². The molecule has 2 aromatic heterocycles. The fourth-order valence-electron chi connectivity index (χ4n) is 3.10. The van der Waals surface area contributed by atoms with Gasteiger partial charge in [-0.25, -0.2) is 4.68 Å². The molecule has 1 amide bonds. The second-order valence-electron chi connectivity index (χ2n) is 6.26. The number of nitrogens with zero attached hydrogens (tertiary/aromatic N) is 2. The monoisotopic (exact) mass is 373 g/mol. The van der Waals surface area contributed by atoms with Gasteiger partial charge in [0.15, 0.2) is 0 Å². The maximum atomic E-state index is 12.6. The maximum absolute atomic E-state index is 12.6. The Hall–Kier alpha value is -1.99. The molecule has 1 aliphatic heterocycles. The van der Waals surface area contributed by atoms with Crippen molar-refractivity contribution in [3.05, 3.63) is 47.0 Å². The highest BCUT2D eigenvalue weighted by atomic mass is 32.2. The van der Waals surface area contributed by atoms with Gasteiger partial charge in [-0.15, -0.1) is 11.3 Å². The average Bonchev–Trinajstić information content (AvgIpc) is 3.19. The lowest BCUT2D eigenvalue weighted by atomic mass is 10.1. The van der Waals surface area contributed by atoms with Gasteiger partial charge in [0.2, 0.25) is 0 Å². The number of thiophene rings is 1. The van der Waals surface area contributed by atoms with E-state index >= 15 is 0 Å². The average molecular weight is 374 g/mol. The van der Waals surface area contributed by atoms with Crippen LogP contribution >= 0.6 is 11.3 Å². The zero-order chi connectivity index (χ0) is 17.4. The van der Waals surface area contributed by atoms with Gasteiger partial charge >= 0.3 is 0 Å². The van der Waals surface area contributed by atoms with Crippen molar-refractivity contribution in [1.82, 2.24) is 15.1 Å².